The first-order valence-electron chi connectivity index (χ1n) is 10.1. The smallest absolute Gasteiger partial charge is 0.227 e. The molecule has 0 bridgehead atoms. The Bertz CT molecular complexity index is 937. The number of anilines is 1. The van der Waals surface area contributed by atoms with E-state index in [1.54, 1.807) is 0 Å². The molecular formula is C23H27IN4OS. The Hall–Kier alpha value is -1.87. The van der Waals surface area contributed by atoms with Gasteiger partial charge in [0.25, 0.3) is 0 Å². The molecule has 0 saturated heterocycles. The van der Waals surface area contributed by atoms with E-state index in [0.29, 0.717) is 0 Å². The summed E-state index contributed by atoms with van der Waals surface area (Å²) in [6.45, 7) is 2.07. The largest absolute Gasteiger partial charge is 0.369 e. The van der Waals surface area contributed by atoms with Gasteiger partial charge in [-0.3, -0.25) is 4.79 Å². The Balaban J connectivity index is 0.00000256. The molecule has 1 aliphatic heterocycles. The molecule has 1 heterocycles. The third-order valence-corrected chi connectivity index (χ3v) is 6.51. The monoisotopic (exact) mass is 534 g/mol. The van der Waals surface area contributed by atoms with Gasteiger partial charge in [-0.1, -0.05) is 66.9 Å². The SMILES string of the molecule is Cc1ccc(N=C2N=C(SCC(N)=O)N(c3ccccc3)C23CCCCC3)cc1.I. The summed E-state index contributed by atoms with van der Waals surface area (Å²) in [4.78, 5) is 23.7. The number of thioether (sulfide) groups is 1. The molecule has 1 saturated carbocycles. The second kappa shape index (κ2) is 9.96. The van der Waals surface area contributed by atoms with Gasteiger partial charge in [-0.2, -0.15) is 0 Å². The van der Waals surface area contributed by atoms with E-state index in [9.17, 15) is 4.79 Å². The van der Waals surface area contributed by atoms with E-state index in [1.807, 2.05) is 30.3 Å². The molecular weight excluding hydrogens is 507 g/mol. The van der Waals surface area contributed by atoms with Crippen molar-refractivity contribution in [2.75, 3.05) is 10.7 Å². The molecule has 30 heavy (non-hydrogen) atoms. The van der Waals surface area contributed by atoms with Crippen molar-refractivity contribution in [2.45, 2.75) is 44.6 Å². The minimum Gasteiger partial charge on any atom is -0.369 e. The van der Waals surface area contributed by atoms with E-state index >= 15 is 0 Å². The van der Waals surface area contributed by atoms with Gasteiger partial charge in [-0.05, 0) is 44.0 Å². The Morgan fingerprint density at radius 1 is 1.10 bits per heavy atom. The van der Waals surface area contributed by atoms with Crippen LogP contribution in [-0.4, -0.2) is 28.2 Å². The Morgan fingerprint density at radius 3 is 2.40 bits per heavy atom. The number of aryl methyl sites for hydroxylation is 1. The van der Waals surface area contributed by atoms with Crippen LogP contribution in [-0.2, 0) is 4.79 Å². The summed E-state index contributed by atoms with van der Waals surface area (Å²) in [7, 11) is 0. The Kier molecular flexibility index (Phi) is 7.57. The topological polar surface area (TPSA) is 71.0 Å². The van der Waals surface area contributed by atoms with Crippen molar-refractivity contribution < 1.29 is 4.79 Å². The third kappa shape index (κ3) is 4.72. The van der Waals surface area contributed by atoms with Crippen molar-refractivity contribution in [1.82, 2.24) is 0 Å². The summed E-state index contributed by atoms with van der Waals surface area (Å²) in [6, 6.07) is 18.5. The number of hydrogen-bond acceptors (Lipinski definition) is 4. The molecule has 0 unspecified atom stereocenters. The molecule has 158 valence electrons. The predicted molar refractivity (Wildman–Crippen MR) is 138 cm³/mol. The average molecular weight is 534 g/mol. The van der Waals surface area contributed by atoms with Crippen LogP contribution in [0, 0.1) is 6.92 Å². The zero-order valence-electron chi connectivity index (χ0n) is 17.1. The molecule has 5 nitrogen and oxygen atoms in total. The number of amides is 1. The predicted octanol–water partition coefficient (Wildman–Crippen LogP) is 5.44. The normalized spacial score (nSPS) is 18.9. The number of primary amides is 1. The van der Waals surface area contributed by atoms with Crippen molar-refractivity contribution in [3.05, 3.63) is 60.2 Å². The van der Waals surface area contributed by atoms with E-state index in [0.717, 1.165) is 48.1 Å². The highest BCUT2D eigenvalue weighted by molar-refractivity contribution is 14.0. The first-order chi connectivity index (χ1) is 14.1. The Labute approximate surface area is 199 Å². The molecule has 1 aliphatic carbocycles. The molecule has 4 rings (SSSR count). The number of carbonyl (C=O) groups is 1. The second-order valence-corrected chi connectivity index (χ2v) is 8.63. The number of halogens is 1. The molecule has 0 aromatic heterocycles. The number of amidine groups is 2. The fourth-order valence-corrected chi connectivity index (χ4v) is 4.98. The third-order valence-electron chi connectivity index (χ3n) is 5.54. The van der Waals surface area contributed by atoms with E-state index < -0.39 is 0 Å². The molecule has 0 atom stereocenters. The van der Waals surface area contributed by atoms with E-state index in [4.69, 9.17) is 15.7 Å². The number of nitrogens with zero attached hydrogens (tertiary/aromatic N) is 3. The standard InChI is InChI=1S/C23H26N4OS.HI/c1-17-10-12-18(13-11-17)25-21-23(14-6-3-7-15-23)27(19-8-4-2-5-9-19)22(26-21)29-16-20(24)28;/h2,4-5,8-13H,3,6-7,14-16H2,1H3,(H2,24,28);1H. The van der Waals surface area contributed by atoms with Crippen LogP contribution in [0.1, 0.15) is 37.7 Å². The lowest BCUT2D eigenvalue weighted by Gasteiger charge is -2.42. The summed E-state index contributed by atoms with van der Waals surface area (Å²) in [6.07, 6.45) is 5.50. The van der Waals surface area contributed by atoms with Crippen LogP contribution in [0.4, 0.5) is 11.4 Å². The number of hydrogen-bond donors (Lipinski definition) is 1. The maximum absolute atomic E-state index is 11.5. The van der Waals surface area contributed by atoms with Crippen LogP contribution in [0.2, 0.25) is 0 Å². The van der Waals surface area contributed by atoms with Gasteiger partial charge in [0.05, 0.1) is 11.4 Å². The van der Waals surface area contributed by atoms with Gasteiger partial charge in [0, 0.05) is 5.69 Å². The molecule has 2 aromatic carbocycles. The highest BCUT2D eigenvalue weighted by Crippen LogP contribution is 2.44. The van der Waals surface area contributed by atoms with E-state index in [1.165, 1.54) is 23.7 Å². The van der Waals surface area contributed by atoms with Gasteiger partial charge in [-0.25, -0.2) is 9.98 Å². The quantitative estimate of drug-likeness (QED) is 0.531. The van der Waals surface area contributed by atoms with Crippen molar-refractivity contribution in [3.63, 3.8) is 0 Å². The number of nitrogens with two attached hydrogens (primary N) is 1. The van der Waals surface area contributed by atoms with Crippen LogP contribution in [0.5, 0.6) is 0 Å². The van der Waals surface area contributed by atoms with Gasteiger partial charge in [0.2, 0.25) is 5.91 Å². The summed E-state index contributed by atoms with van der Waals surface area (Å²) >= 11 is 1.40. The van der Waals surface area contributed by atoms with Crippen LogP contribution in [0.25, 0.3) is 0 Å². The number of para-hydroxylation sites is 1. The molecule has 0 radical (unpaired) electrons. The molecule has 2 aliphatic rings. The van der Waals surface area contributed by atoms with Crippen LogP contribution >= 0.6 is 35.7 Å². The van der Waals surface area contributed by atoms with Gasteiger partial charge < -0.3 is 10.6 Å². The zero-order valence-corrected chi connectivity index (χ0v) is 20.2. The van der Waals surface area contributed by atoms with Crippen LogP contribution < -0.4 is 10.6 Å². The molecule has 7 heteroatoms. The lowest BCUT2D eigenvalue weighted by Crippen LogP contribution is -2.52. The molecule has 1 fully saturated rings. The molecule has 2 N–H and O–H groups in total. The summed E-state index contributed by atoms with van der Waals surface area (Å²) < 4.78 is 0. The highest BCUT2D eigenvalue weighted by Gasteiger charge is 2.49. The van der Waals surface area contributed by atoms with Crippen molar-refractivity contribution in [1.29, 1.82) is 0 Å². The number of aliphatic imine (C=N–C) groups is 2. The number of benzene rings is 2. The number of carbonyl (C=O) groups excluding carboxylic acids is 1. The minimum absolute atomic E-state index is 0. The first-order valence-corrected chi connectivity index (χ1v) is 11.1. The van der Waals surface area contributed by atoms with E-state index in [2.05, 4.69) is 36.1 Å². The summed E-state index contributed by atoms with van der Waals surface area (Å²) in [5, 5.41) is 0.808. The van der Waals surface area contributed by atoms with Gasteiger partial charge in [-0.15, -0.1) is 24.0 Å². The van der Waals surface area contributed by atoms with Gasteiger partial charge in [0.15, 0.2) is 11.0 Å². The zero-order chi connectivity index (χ0) is 20.3. The lowest BCUT2D eigenvalue weighted by atomic mass is 9.79. The minimum atomic E-state index is -0.340. The van der Waals surface area contributed by atoms with Crippen molar-refractivity contribution in [3.8, 4) is 0 Å². The van der Waals surface area contributed by atoms with Crippen molar-refractivity contribution >= 4 is 64.0 Å². The summed E-state index contributed by atoms with van der Waals surface area (Å²) in [5.41, 5.74) is 8.36. The second-order valence-electron chi connectivity index (χ2n) is 7.68. The lowest BCUT2D eigenvalue weighted by molar-refractivity contribution is -0.115. The average Bonchev–Trinajstić information content (AvgIpc) is 3.01. The van der Waals surface area contributed by atoms with Gasteiger partial charge >= 0.3 is 0 Å². The fraction of sp³-hybridized carbons (Fsp3) is 0.348. The molecule has 2 aromatic rings. The maximum Gasteiger partial charge on any atom is 0.227 e. The number of rotatable bonds is 4. The molecule has 1 amide bonds. The fourth-order valence-electron chi connectivity index (χ4n) is 4.15. The first kappa shape index (κ1) is 22.8. The van der Waals surface area contributed by atoms with Crippen LogP contribution in [0.3, 0.4) is 0 Å². The highest BCUT2D eigenvalue weighted by atomic mass is 127. The van der Waals surface area contributed by atoms with Crippen LogP contribution in [0.15, 0.2) is 64.6 Å². The van der Waals surface area contributed by atoms with E-state index in [-0.39, 0.29) is 41.2 Å². The summed E-state index contributed by atoms with van der Waals surface area (Å²) in [5.74, 6) is 0.708. The van der Waals surface area contributed by atoms with Crippen molar-refractivity contribution in [2.24, 2.45) is 15.7 Å². The maximum atomic E-state index is 11.5. The molecule has 1 spiro atoms. The van der Waals surface area contributed by atoms with Gasteiger partial charge in [0.1, 0.15) is 5.54 Å². The Morgan fingerprint density at radius 2 is 1.77 bits per heavy atom.